The van der Waals surface area contributed by atoms with Crippen molar-refractivity contribution in [3.05, 3.63) is 27.1 Å². The fourth-order valence-electron chi connectivity index (χ4n) is 2.32. The van der Waals surface area contributed by atoms with E-state index in [0.29, 0.717) is 19.0 Å². The van der Waals surface area contributed by atoms with E-state index < -0.39 is 0 Å². The van der Waals surface area contributed by atoms with Gasteiger partial charge in [0.1, 0.15) is 5.82 Å². The van der Waals surface area contributed by atoms with E-state index >= 15 is 0 Å². The Morgan fingerprint density at radius 1 is 1.37 bits per heavy atom. The highest BCUT2D eigenvalue weighted by Crippen LogP contribution is 2.31. The quantitative estimate of drug-likeness (QED) is 0.649. The molecule has 6 heteroatoms. The molecule has 0 saturated heterocycles. The van der Waals surface area contributed by atoms with E-state index in [2.05, 4.69) is 35.3 Å². The Kier molecular flexibility index (Phi) is 3.22. The number of anilines is 1. The highest BCUT2D eigenvalue weighted by atomic mass is 32.1. The number of nitrogens with two attached hydrogens (primary N) is 1. The molecular weight excluding hydrogens is 260 g/mol. The van der Waals surface area contributed by atoms with Gasteiger partial charge in [0, 0.05) is 27.3 Å². The van der Waals surface area contributed by atoms with E-state index in [4.69, 9.17) is 10.6 Å². The predicted molar refractivity (Wildman–Crippen MR) is 76.0 cm³/mol. The van der Waals surface area contributed by atoms with Crippen molar-refractivity contribution in [2.75, 3.05) is 12.0 Å². The number of hydrogen-bond acceptors (Lipinski definition) is 6. The van der Waals surface area contributed by atoms with Gasteiger partial charge in [0.2, 0.25) is 0 Å². The fourth-order valence-corrected chi connectivity index (χ4v) is 3.24. The number of hydrogen-bond donors (Lipinski definition) is 2. The van der Waals surface area contributed by atoms with Gasteiger partial charge in [0.05, 0.1) is 18.9 Å². The van der Waals surface area contributed by atoms with Crippen LogP contribution < -0.4 is 11.3 Å². The zero-order valence-electron chi connectivity index (χ0n) is 11.0. The molecule has 2 aromatic heterocycles. The van der Waals surface area contributed by atoms with Crippen LogP contribution in [0, 0.1) is 13.8 Å². The SMILES string of the molecule is Cc1cc(-c2nc3c(c(NN)n2)COCC3)c(C)s1. The Balaban J connectivity index is 2.15. The van der Waals surface area contributed by atoms with Gasteiger partial charge in [0.25, 0.3) is 0 Å². The number of aromatic nitrogens is 2. The fraction of sp³-hybridized carbons (Fsp3) is 0.385. The third kappa shape index (κ3) is 2.22. The second-order valence-electron chi connectivity index (χ2n) is 4.59. The molecule has 0 atom stereocenters. The molecule has 3 N–H and O–H groups in total. The third-order valence-corrected chi connectivity index (χ3v) is 4.21. The summed E-state index contributed by atoms with van der Waals surface area (Å²) in [6.45, 7) is 5.41. The second kappa shape index (κ2) is 4.88. The van der Waals surface area contributed by atoms with Crippen molar-refractivity contribution < 1.29 is 4.74 Å². The Morgan fingerprint density at radius 2 is 2.21 bits per heavy atom. The molecule has 0 fully saturated rings. The highest BCUT2D eigenvalue weighted by molar-refractivity contribution is 7.12. The molecule has 0 bridgehead atoms. The van der Waals surface area contributed by atoms with Crippen LogP contribution in [0.15, 0.2) is 6.07 Å². The Bertz CT molecular complexity index is 606. The molecule has 0 unspecified atom stereocenters. The van der Waals surface area contributed by atoms with Crippen molar-refractivity contribution in [2.45, 2.75) is 26.9 Å². The van der Waals surface area contributed by atoms with Gasteiger partial charge >= 0.3 is 0 Å². The molecule has 0 saturated carbocycles. The molecule has 1 aliphatic rings. The Labute approximate surface area is 115 Å². The van der Waals surface area contributed by atoms with Gasteiger partial charge in [0.15, 0.2) is 5.82 Å². The number of thiophene rings is 1. The summed E-state index contributed by atoms with van der Waals surface area (Å²) >= 11 is 1.76. The van der Waals surface area contributed by atoms with Gasteiger partial charge in [-0.15, -0.1) is 11.3 Å². The number of fused-ring (bicyclic) bond motifs is 1. The smallest absolute Gasteiger partial charge is 0.162 e. The normalized spacial score (nSPS) is 14.3. The van der Waals surface area contributed by atoms with Crippen LogP contribution in [0.4, 0.5) is 5.82 Å². The highest BCUT2D eigenvalue weighted by Gasteiger charge is 2.19. The standard InChI is InChI=1S/C13H16N4OS/c1-7-5-9(8(2)19-7)12-15-11-3-4-18-6-10(11)13(16-12)17-14/h5H,3-4,6,14H2,1-2H3,(H,15,16,17). The van der Waals surface area contributed by atoms with Crippen LogP contribution in [0.5, 0.6) is 0 Å². The minimum absolute atomic E-state index is 0.525. The van der Waals surface area contributed by atoms with Gasteiger partial charge in [-0.2, -0.15) is 0 Å². The molecule has 0 aromatic carbocycles. The second-order valence-corrected chi connectivity index (χ2v) is 6.06. The molecule has 0 radical (unpaired) electrons. The number of nitrogens with one attached hydrogen (secondary N) is 1. The van der Waals surface area contributed by atoms with Crippen LogP contribution in [0.3, 0.4) is 0 Å². The molecule has 1 aliphatic heterocycles. The lowest BCUT2D eigenvalue weighted by Gasteiger charge is -2.19. The predicted octanol–water partition coefficient (Wildman–Crippen LogP) is 2.18. The first-order chi connectivity index (χ1) is 9.19. The van der Waals surface area contributed by atoms with Crippen LogP contribution in [0.1, 0.15) is 21.0 Å². The van der Waals surface area contributed by atoms with Gasteiger partial charge in [-0.1, -0.05) is 0 Å². The maximum Gasteiger partial charge on any atom is 0.162 e. The first-order valence-electron chi connectivity index (χ1n) is 6.20. The van der Waals surface area contributed by atoms with Gasteiger partial charge in [-0.3, -0.25) is 0 Å². The number of nitrogen functional groups attached to an aromatic ring is 1. The number of ether oxygens (including phenoxy) is 1. The summed E-state index contributed by atoms with van der Waals surface area (Å²) < 4.78 is 5.44. The first kappa shape index (κ1) is 12.5. The van der Waals surface area contributed by atoms with Gasteiger partial charge in [-0.25, -0.2) is 15.8 Å². The Hall–Kier alpha value is -1.50. The minimum Gasteiger partial charge on any atom is -0.376 e. The van der Waals surface area contributed by atoms with Gasteiger partial charge in [-0.05, 0) is 19.9 Å². The van der Waals surface area contributed by atoms with E-state index in [0.717, 1.165) is 29.1 Å². The van der Waals surface area contributed by atoms with Crippen LogP contribution in [0.25, 0.3) is 11.4 Å². The van der Waals surface area contributed by atoms with E-state index in [1.165, 1.54) is 9.75 Å². The topological polar surface area (TPSA) is 73.1 Å². The summed E-state index contributed by atoms with van der Waals surface area (Å²) in [5, 5.41) is 0. The minimum atomic E-state index is 0.525. The molecular formula is C13H16N4OS. The average molecular weight is 276 g/mol. The molecule has 0 amide bonds. The van der Waals surface area contributed by atoms with Crippen molar-refractivity contribution in [1.29, 1.82) is 0 Å². The summed E-state index contributed by atoms with van der Waals surface area (Å²) in [6, 6.07) is 2.13. The lowest BCUT2D eigenvalue weighted by Crippen LogP contribution is -2.19. The van der Waals surface area contributed by atoms with Crippen molar-refractivity contribution in [2.24, 2.45) is 5.84 Å². The molecule has 0 spiro atoms. The molecule has 100 valence electrons. The molecule has 3 rings (SSSR count). The first-order valence-corrected chi connectivity index (χ1v) is 7.02. The van der Waals surface area contributed by atoms with E-state index in [-0.39, 0.29) is 0 Å². The molecule has 3 heterocycles. The molecule has 2 aromatic rings. The number of nitrogens with zero attached hydrogens (tertiary/aromatic N) is 2. The van der Waals surface area contributed by atoms with E-state index in [9.17, 15) is 0 Å². The largest absolute Gasteiger partial charge is 0.376 e. The van der Waals surface area contributed by atoms with Crippen molar-refractivity contribution in [3.8, 4) is 11.4 Å². The van der Waals surface area contributed by atoms with Gasteiger partial charge < -0.3 is 10.2 Å². The summed E-state index contributed by atoms with van der Waals surface area (Å²) in [5.41, 5.74) is 5.76. The number of hydrazine groups is 1. The van der Waals surface area contributed by atoms with E-state index in [1.807, 2.05) is 0 Å². The van der Waals surface area contributed by atoms with Crippen molar-refractivity contribution in [3.63, 3.8) is 0 Å². The third-order valence-electron chi connectivity index (χ3n) is 3.24. The summed E-state index contributed by atoms with van der Waals surface area (Å²) in [4.78, 5) is 11.7. The maximum absolute atomic E-state index is 5.57. The van der Waals surface area contributed by atoms with Crippen LogP contribution in [0.2, 0.25) is 0 Å². The van der Waals surface area contributed by atoms with E-state index in [1.54, 1.807) is 11.3 Å². The van der Waals surface area contributed by atoms with Crippen LogP contribution in [-0.4, -0.2) is 16.6 Å². The molecule has 19 heavy (non-hydrogen) atoms. The zero-order chi connectivity index (χ0) is 13.4. The van der Waals surface area contributed by atoms with Crippen molar-refractivity contribution in [1.82, 2.24) is 9.97 Å². The monoisotopic (exact) mass is 276 g/mol. The lowest BCUT2D eigenvalue weighted by atomic mass is 10.1. The Morgan fingerprint density at radius 3 is 2.89 bits per heavy atom. The summed E-state index contributed by atoms with van der Waals surface area (Å²) in [5.74, 6) is 6.99. The molecule has 0 aliphatic carbocycles. The zero-order valence-corrected chi connectivity index (χ0v) is 11.8. The average Bonchev–Trinajstić information content (AvgIpc) is 2.76. The van der Waals surface area contributed by atoms with Crippen LogP contribution >= 0.6 is 11.3 Å². The molecule has 5 nitrogen and oxygen atoms in total. The lowest BCUT2D eigenvalue weighted by molar-refractivity contribution is 0.109. The number of rotatable bonds is 2. The van der Waals surface area contributed by atoms with Crippen molar-refractivity contribution >= 4 is 17.2 Å². The number of aryl methyl sites for hydroxylation is 2. The maximum atomic E-state index is 5.57. The summed E-state index contributed by atoms with van der Waals surface area (Å²) in [6.07, 6.45) is 0.807. The summed E-state index contributed by atoms with van der Waals surface area (Å²) in [7, 11) is 0. The van der Waals surface area contributed by atoms with Crippen LogP contribution in [-0.2, 0) is 17.8 Å².